The highest BCUT2D eigenvalue weighted by Crippen LogP contribution is 2.43. The van der Waals surface area contributed by atoms with E-state index < -0.39 is 0 Å². The van der Waals surface area contributed by atoms with Gasteiger partial charge in [0.2, 0.25) is 0 Å². The Morgan fingerprint density at radius 2 is 0.352 bits per heavy atom. The van der Waals surface area contributed by atoms with Crippen LogP contribution in [0.3, 0.4) is 0 Å². The average Bonchev–Trinajstić information content (AvgIpc) is 2.78. The predicted molar refractivity (Wildman–Crippen MR) is 375 cm³/mol. The van der Waals surface area contributed by atoms with Gasteiger partial charge in [0.05, 0.1) is 44.1 Å². The van der Waals surface area contributed by atoms with E-state index in [-0.39, 0.29) is 0 Å². The Morgan fingerprint density at radius 3 is 0.693 bits per heavy atom. The van der Waals surface area contributed by atoms with E-state index in [9.17, 15) is 0 Å². The van der Waals surface area contributed by atoms with Gasteiger partial charge in [-0.1, -0.05) is 218 Å². The van der Waals surface area contributed by atoms with Gasteiger partial charge >= 0.3 is 0 Å². The molecular weight excluding hydrogens is 1060 g/mol. The average molecular weight is 1120 g/mol. The molecule has 0 saturated carbocycles. The van der Waals surface area contributed by atoms with Crippen LogP contribution in [0.15, 0.2) is 315 Å². The van der Waals surface area contributed by atoms with Crippen LogP contribution in [0.4, 0.5) is 0 Å². The molecule has 0 fully saturated rings. The number of fused-ring (bicyclic) bond motifs is 20. The zero-order chi connectivity index (χ0) is 57.6. The fourth-order valence-electron chi connectivity index (χ4n) is 14.9. The SMILES string of the molecule is c1ccc2c(c1)ccc1cc(-n3c4ccccc4c4cc5c(cc43)c3ccccc3n5-c3ccc4c(ccc5ccccc54)c3)ccc12.c1ccc2cc(-n3c4ccccc4c4cc5c(cc43)c3ccccc3n5-c3ccc4ccccc4c3)ccc2c1. The fourth-order valence-corrected chi connectivity index (χ4v) is 14.9. The Labute approximate surface area is 505 Å². The van der Waals surface area contributed by atoms with Crippen molar-refractivity contribution >= 4 is 152 Å². The standard InChI is InChI=1S/C46H28N2.C38H24N2/c1-3-11-35-29(9-1)17-19-31-25-33(21-23-37(31)35)47-43-15-7-5-13-39(43)41-28-46-42(27-45(41)47)40-14-6-8-16-44(40)48(46)34-22-24-38-32(26-34)20-18-30-10-2-4-12-36(30)38;1-3-11-27-21-29(19-17-25(27)9-1)39-35-15-7-5-13-31(35)33-24-38-34(23-37(33)39)32-14-6-8-16-36(32)40(38)30-20-18-26-10-2-4-12-28(26)22-30/h1-28H;1-24H. The smallest absolute Gasteiger partial charge is 0.0548 e. The summed E-state index contributed by atoms with van der Waals surface area (Å²) in [7, 11) is 0. The quantitative estimate of drug-likeness (QED) is 0.157. The van der Waals surface area contributed by atoms with Crippen LogP contribution in [0, 0.1) is 0 Å². The number of hydrogen-bond acceptors (Lipinski definition) is 0. The van der Waals surface area contributed by atoms with Gasteiger partial charge in [0.25, 0.3) is 0 Å². The molecule has 0 aliphatic rings. The minimum atomic E-state index is 1.17. The highest BCUT2D eigenvalue weighted by Gasteiger charge is 2.22. The highest BCUT2D eigenvalue weighted by molar-refractivity contribution is 6.21. The van der Waals surface area contributed by atoms with Crippen molar-refractivity contribution < 1.29 is 0 Å². The molecule has 4 heterocycles. The lowest BCUT2D eigenvalue weighted by molar-refractivity contribution is 1.18. The lowest BCUT2D eigenvalue weighted by Gasteiger charge is -2.12. The maximum atomic E-state index is 2.45. The van der Waals surface area contributed by atoms with Crippen molar-refractivity contribution in [2.75, 3.05) is 0 Å². The summed E-state index contributed by atoms with van der Waals surface area (Å²) < 4.78 is 9.76. The molecule has 4 nitrogen and oxygen atoms in total. The molecule has 16 aromatic carbocycles. The van der Waals surface area contributed by atoms with Crippen molar-refractivity contribution in [3.63, 3.8) is 0 Å². The second-order valence-electron chi connectivity index (χ2n) is 23.6. The monoisotopic (exact) mass is 1120 g/mol. The first-order valence-electron chi connectivity index (χ1n) is 30.4. The molecule has 20 aromatic rings. The summed E-state index contributed by atoms with van der Waals surface area (Å²) in [5.74, 6) is 0. The second-order valence-corrected chi connectivity index (χ2v) is 23.6. The van der Waals surface area contributed by atoms with Gasteiger partial charge in [-0.15, -0.1) is 0 Å². The van der Waals surface area contributed by atoms with E-state index in [1.54, 1.807) is 0 Å². The third-order valence-corrected chi connectivity index (χ3v) is 18.9. The van der Waals surface area contributed by atoms with Crippen LogP contribution in [0.25, 0.3) is 175 Å². The number of hydrogen-bond donors (Lipinski definition) is 0. The van der Waals surface area contributed by atoms with Crippen LogP contribution >= 0.6 is 0 Å². The molecular formula is C84H52N4. The van der Waals surface area contributed by atoms with Gasteiger partial charge in [-0.25, -0.2) is 0 Å². The summed E-state index contributed by atoms with van der Waals surface area (Å²) in [5.41, 5.74) is 14.5. The summed E-state index contributed by atoms with van der Waals surface area (Å²) in [4.78, 5) is 0. The summed E-state index contributed by atoms with van der Waals surface area (Å²) >= 11 is 0. The Kier molecular flexibility index (Phi) is 10.4. The van der Waals surface area contributed by atoms with E-state index in [2.05, 4.69) is 334 Å². The maximum Gasteiger partial charge on any atom is 0.0548 e. The second kappa shape index (κ2) is 18.9. The van der Waals surface area contributed by atoms with E-state index in [4.69, 9.17) is 0 Å². The van der Waals surface area contributed by atoms with Crippen molar-refractivity contribution in [3.8, 4) is 22.7 Å². The summed E-state index contributed by atoms with van der Waals surface area (Å²) in [6.07, 6.45) is 0. The molecule has 0 amide bonds. The highest BCUT2D eigenvalue weighted by atomic mass is 15.0. The molecule has 0 aliphatic heterocycles. The van der Waals surface area contributed by atoms with Gasteiger partial charge in [-0.3, -0.25) is 0 Å². The van der Waals surface area contributed by atoms with E-state index in [0.29, 0.717) is 0 Å². The number of aromatic nitrogens is 4. The van der Waals surface area contributed by atoms with Crippen molar-refractivity contribution in [3.05, 3.63) is 315 Å². The molecule has 4 aromatic heterocycles. The number of rotatable bonds is 4. The first-order chi connectivity index (χ1) is 43.6. The van der Waals surface area contributed by atoms with Crippen LogP contribution in [0.2, 0.25) is 0 Å². The molecule has 0 bridgehead atoms. The Morgan fingerprint density at radius 1 is 0.125 bits per heavy atom. The summed E-state index contributed by atoms with van der Waals surface area (Å²) in [6, 6.07) is 116. The molecule has 88 heavy (non-hydrogen) atoms. The van der Waals surface area contributed by atoms with E-state index in [1.165, 1.54) is 175 Å². The third-order valence-electron chi connectivity index (χ3n) is 18.9. The lowest BCUT2D eigenvalue weighted by atomic mass is 10.0. The van der Waals surface area contributed by atoms with Crippen molar-refractivity contribution in [2.45, 2.75) is 0 Å². The molecule has 0 radical (unpaired) electrons. The number of nitrogens with zero attached hydrogens (tertiary/aromatic N) is 4. The zero-order valence-electron chi connectivity index (χ0n) is 47.8. The molecule has 0 N–H and O–H groups in total. The largest absolute Gasteiger partial charge is 0.309 e. The van der Waals surface area contributed by atoms with Crippen molar-refractivity contribution in [1.82, 2.24) is 18.3 Å². The van der Waals surface area contributed by atoms with E-state index in [0.717, 1.165) is 0 Å². The molecule has 0 unspecified atom stereocenters. The molecule has 20 rings (SSSR count). The number of para-hydroxylation sites is 4. The van der Waals surface area contributed by atoms with Crippen LogP contribution < -0.4 is 0 Å². The normalized spacial score (nSPS) is 12.1. The Balaban J connectivity index is 0.000000130. The van der Waals surface area contributed by atoms with E-state index in [1.807, 2.05) is 0 Å². The molecule has 4 heteroatoms. The topological polar surface area (TPSA) is 19.7 Å². The van der Waals surface area contributed by atoms with Crippen LogP contribution in [0.1, 0.15) is 0 Å². The Hall–Kier alpha value is -11.7. The van der Waals surface area contributed by atoms with Gasteiger partial charge < -0.3 is 18.3 Å². The third kappa shape index (κ3) is 7.27. The van der Waals surface area contributed by atoms with Crippen LogP contribution in [-0.2, 0) is 0 Å². The fraction of sp³-hybridized carbons (Fsp3) is 0. The molecule has 0 aliphatic carbocycles. The minimum Gasteiger partial charge on any atom is -0.309 e. The van der Waals surface area contributed by atoms with Crippen LogP contribution in [-0.4, -0.2) is 18.3 Å². The van der Waals surface area contributed by atoms with Gasteiger partial charge in [-0.2, -0.15) is 0 Å². The first kappa shape index (κ1) is 48.6. The van der Waals surface area contributed by atoms with Gasteiger partial charge in [0.1, 0.15) is 0 Å². The molecule has 0 atom stereocenters. The van der Waals surface area contributed by atoms with Crippen molar-refractivity contribution in [1.29, 1.82) is 0 Å². The lowest BCUT2D eigenvalue weighted by Crippen LogP contribution is -1.95. The summed E-state index contributed by atoms with van der Waals surface area (Å²) in [6.45, 7) is 0. The van der Waals surface area contributed by atoms with Gasteiger partial charge in [0.15, 0.2) is 0 Å². The number of benzene rings is 16. The predicted octanol–water partition coefficient (Wildman–Crippen LogP) is 22.7. The van der Waals surface area contributed by atoms with Crippen LogP contribution in [0.5, 0.6) is 0 Å². The first-order valence-corrected chi connectivity index (χ1v) is 30.4. The van der Waals surface area contributed by atoms with Crippen molar-refractivity contribution in [2.24, 2.45) is 0 Å². The maximum absolute atomic E-state index is 2.45. The zero-order valence-corrected chi connectivity index (χ0v) is 47.8. The molecule has 408 valence electrons. The Bertz CT molecular complexity index is 5940. The summed E-state index contributed by atoms with van der Waals surface area (Å²) in [5, 5.41) is 25.3. The van der Waals surface area contributed by atoms with Gasteiger partial charge in [-0.05, 0) is 162 Å². The van der Waals surface area contributed by atoms with Gasteiger partial charge in [0, 0.05) is 65.8 Å². The molecule has 0 spiro atoms. The molecule has 0 saturated heterocycles. The van der Waals surface area contributed by atoms with E-state index >= 15 is 0 Å². The minimum absolute atomic E-state index is 1.17.